The molecule has 82 valence electrons. The predicted molar refractivity (Wildman–Crippen MR) is 54.7 cm³/mol. The molecule has 1 aromatic rings. The molecule has 0 spiro atoms. The van der Waals surface area contributed by atoms with Gasteiger partial charge in [-0.05, 0) is 18.2 Å². The first-order valence-corrected chi connectivity index (χ1v) is 4.65. The van der Waals surface area contributed by atoms with E-state index in [0.29, 0.717) is 5.02 Å². The molecular weight excluding hydrogens is 220 g/mol. The van der Waals surface area contributed by atoms with Crippen LogP contribution in [0.15, 0.2) is 18.2 Å². The number of halogens is 1. The molecule has 0 bridgehead atoms. The quantitative estimate of drug-likeness (QED) is 0.775. The second-order valence-electron chi connectivity index (χ2n) is 3.00. The van der Waals surface area contributed by atoms with Gasteiger partial charge in [0, 0.05) is 10.6 Å². The maximum absolute atomic E-state index is 10.9. The molecule has 0 aromatic heterocycles. The fourth-order valence-electron chi connectivity index (χ4n) is 1.14. The lowest BCUT2D eigenvalue weighted by molar-refractivity contribution is -0.142. The molecule has 0 aliphatic heterocycles. The van der Waals surface area contributed by atoms with Crippen LogP contribution < -0.4 is 0 Å². The maximum Gasteiger partial charge on any atom is 0.308 e. The lowest BCUT2D eigenvalue weighted by Gasteiger charge is -2.11. The number of ether oxygens (including phenoxy) is 1. The van der Waals surface area contributed by atoms with Gasteiger partial charge in [0.25, 0.3) is 0 Å². The summed E-state index contributed by atoms with van der Waals surface area (Å²) in [5, 5.41) is 19.4. The minimum absolute atomic E-state index is 0.101. The molecule has 0 heterocycles. The van der Waals surface area contributed by atoms with Crippen molar-refractivity contribution in [1.82, 2.24) is 0 Å². The number of phenols is 1. The molecule has 0 aliphatic carbocycles. The Morgan fingerprint density at radius 1 is 1.60 bits per heavy atom. The van der Waals surface area contributed by atoms with Gasteiger partial charge in [-0.1, -0.05) is 11.6 Å². The molecule has 0 unspecified atom stereocenters. The van der Waals surface area contributed by atoms with Crippen molar-refractivity contribution in [2.24, 2.45) is 0 Å². The number of methoxy groups -OCH3 is 1. The van der Waals surface area contributed by atoms with Crippen LogP contribution in [0.25, 0.3) is 0 Å². The third kappa shape index (κ3) is 3.11. The van der Waals surface area contributed by atoms with Crippen molar-refractivity contribution in [2.75, 3.05) is 7.11 Å². The predicted octanol–water partition coefficient (Wildman–Crippen LogP) is 1.64. The number of hydrogen-bond acceptors (Lipinski definition) is 4. The molecule has 0 aliphatic rings. The van der Waals surface area contributed by atoms with Gasteiger partial charge in [0.1, 0.15) is 5.75 Å². The van der Waals surface area contributed by atoms with E-state index in [-0.39, 0.29) is 17.7 Å². The van der Waals surface area contributed by atoms with Crippen molar-refractivity contribution in [3.8, 4) is 5.75 Å². The van der Waals surface area contributed by atoms with Gasteiger partial charge in [0.15, 0.2) is 0 Å². The highest BCUT2D eigenvalue weighted by molar-refractivity contribution is 6.30. The van der Waals surface area contributed by atoms with Crippen LogP contribution in [0.1, 0.15) is 18.1 Å². The van der Waals surface area contributed by atoms with Crippen LogP contribution in [0.4, 0.5) is 0 Å². The van der Waals surface area contributed by atoms with E-state index in [0.717, 1.165) is 0 Å². The van der Waals surface area contributed by atoms with E-state index in [1.807, 2.05) is 0 Å². The van der Waals surface area contributed by atoms with Gasteiger partial charge in [-0.25, -0.2) is 0 Å². The van der Waals surface area contributed by atoms with Crippen LogP contribution in [-0.4, -0.2) is 23.3 Å². The Labute approximate surface area is 92.1 Å². The highest BCUT2D eigenvalue weighted by atomic mass is 35.5. The molecule has 1 atom stereocenters. The number of aliphatic hydroxyl groups excluding tert-OH is 1. The Morgan fingerprint density at radius 2 is 2.27 bits per heavy atom. The third-order valence-corrected chi connectivity index (χ3v) is 2.17. The first-order chi connectivity index (χ1) is 7.04. The fourth-order valence-corrected chi connectivity index (χ4v) is 1.32. The van der Waals surface area contributed by atoms with E-state index >= 15 is 0 Å². The smallest absolute Gasteiger partial charge is 0.308 e. The lowest BCUT2D eigenvalue weighted by Crippen LogP contribution is -2.08. The van der Waals surface area contributed by atoms with Gasteiger partial charge in [0.05, 0.1) is 19.6 Å². The molecule has 0 saturated carbocycles. The van der Waals surface area contributed by atoms with Crippen molar-refractivity contribution < 1.29 is 19.7 Å². The SMILES string of the molecule is COC(=O)C[C@@H](O)c1cc(Cl)ccc1O. The van der Waals surface area contributed by atoms with Crippen LogP contribution >= 0.6 is 11.6 Å². The summed E-state index contributed by atoms with van der Waals surface area (Å²) in [6, 6.07) is 4.26. The van der Waals surface area contributed by atoms with E-state index in [1.54, 1.807) is 0 Å². The molecule has 1 rings (SSSR count). The van der Waals surface area contributed by atoms with E-state index in [4.69, 9.17) is 11.6 Å². The highest BCUT2D eigenvalue weighted by Crippen LogP contribution is 2.29. The Bertz CT molecular complexity index is 364. The minimum Gasteiger partial charge on any atom is -0.508 e. The number of esters is 1. The Morgan fingerprint density at radius 3 is 2.87 bits per heavy atom. The Balaban J connectivity index is 2.85. The first-order valence-electron chi connectivity index (χ1n) is 4.28. The number of carbonyl (C=O) groups is 1. The Kier molecular flexibility index (Phi) is 3.94. The number of aromatic hydroxyl groups is 1. The molecule has 0 amide bonds. The van der Waals surface area contributed by atoms with Gasteiger partial charge in [-0.2, -0.15) is 0 Å². The molecule has 4 nitrogen and oxygen atoms in total. The normalized spacial score (nSPS) is 12.2. The summed E-state index contributed by atoms with van der Waals surface area (Å²) in [5.41, 5.74) is 0.216. The summed E-state index contributed by atoms with van der Waals surface area (Å²) < 4.78 is 4.40. The van der Waals surface area contributed by atoms with Crippen LogP contribution in [0.3, 0.4) is 0 Å². The van der Waals surface area contributed by atoms with Crippen molar-refractivity contribution in [2.45, 2.75) is 12.5 Å². The number of rotatable bonds is 3. The molecule has 1 aromatic carbocycles. The second-order valence-corrected chi connectivity index (χ2v) is 3.44. The van der Waals surface area contributed by atoms with Crippen LogP contribution in [-0.2, 0) is 9.53 Å². The van der Waals surface area contributed by atoms with E-state index in [9.17, 15) is 15.0 Å². The van der Waals surface area contributed by atoms with Crippen LogP contribution in [0.2, 0.25) is 5.02 Å². The average molecular weight is 231 g/mol. The summed E-state index contributed by atoms with van der Waals surface area (Å²) in [6.07, 6.45) is -1.33. The van der Waals surface area contributed by atoms with Crippen LogP contribution in [0, 0.1) is 0 Å². The van der Waals surface area contributed by atoms with E-state index in [2.05, 4.69) is 4.74 Å². The number of hydrogen-bond donors (Lipinski definition) is 2. The van der Waals surface area contributed by atoms with Gasteiger partial charge >= 0.3 is 5.97 Å². The summed E-state index contributed by atoms with van der Waals surface area (Å²) >= 11 is 5.69. The number of carbonyl (C=O) groups excluding carboxylic acids is 1. The number of benzene rings is 1. The van der Waals surface area contributed by atoms with Crippen molar-refractivity contribution in [3.63, 3.8) is 0 Å². The molecule has 0 saturated heterocycles. The summed E-state index contributed by atoms with van der Waals surface area (Å²) in [5.74, 6) is -0.655. The van der Waals surface area contributed by atoms with Gasteiger partial charge in [-0.3, -0.25) is 4.79 Å². The zero-order valence-electron chi connectivity index (χ0n) is 8.11. The Hall–Kier alpha value is -1.26. The topological polar surface area (TPSA) is 66.8 Å². The average Bonchev–Trinajstić information content (AvgIpc) is 2.21. The highest BCUT2D eigenvalue weighted by Gasteiger charge is 2.16. The summed E-state index contributed by atoms with van der Waals surface area (Å²) in [7, 11) is 1.23. The molecule has 2 N–H and O–H groups in total. The largest absolute Gasteiger partial charge is 0.508 e. The fraction of sp³-hybridized carbons (Fsp3) is 0.300. The van der Waals surface area contributed by atoms with Crippen LogP contribution in [0.5, 0.6) is 5.75 Å². The van der Waals surface area contributed by atoms with E-state index < -0.39 is 12.1 Å². The third-order valence-electron chi connectivity index (χ3n) is 1.94. The lowest BCUT2D eigenvalue weighted by atomic mass is 10.1. The second kappa shape index (κ2) is 5.00. The van der Waals surface area contributed by atoms with Gasteiger partial charge < -0.3 is 14.9 Å². The maximum atomic E-state index is 10.9. The first kappa shape index (κ1) is 11.8. The molecule has 5 heteroatoms. The van der Waals surface area contributed by atoms with Gasteiger partial charge in [0.2, 0.25) is 0 Å². The summed E-state index contributed by atoms with van der Waals surface area (Å²) in [6.45, 7) is 0. The monoisotopic (exact) mass is 230 g/mol. The summed E-state index contributed by atoms with van der Waals surface area (Å²) in [4.78, 5) is 10.9. The van der Waals surface area contributed by atoms with Crippen molar-refractivity contribution >= 4 is 17.6 Å². The number of phenolic OH excluding ortho intramolecular Hbond substituents is 1. The molecule has 0 fully saturated rings. The van der Waals surface area contributed by atoms with Crippen molar-refractivity contribution in [3.05, 3.63) is 28.8 Å². The number of aliphatic hydroxyl groups is 1. The zero-order chi connectivity index (χ0) is 11.4. The van der Waals surface area contributed by atoms with Gasteiger partial charge in [-0.15, -0.1) is 0 Å². The van der Waals surface area contributed by atoms with E-state index in [1.165, 1.54) is 25.3 Å². The zero-order valence-corrected chi connectivity index (χ0v) is 8.86. The molecule has 15 heavy (non-hydrogen) atoms. The standard InChI is InChI=1S/C10H11ClO4/c1-15-10(14)5-9(13)7-4-6(11)2-3-8(7)12/h2-4,9,12-13H,5H2,1H3/t9-/m1/s1. The minimum atomic E-state index is -1.11. The molecule has 0 radical (unpaired) electrons. The molecular formula is C10H11ClO4. The van der Waals surface area contributed by atoms with Crippen molar-refractivity contribution in [1.29, 1.82) is 0 Å².